The number of hydrogen-bond donors (Lipinski definition) is 1. The SMILES string of the molecule is COc1cc([N+](=O)[O-])ccc1NC(=O)[C@@H]1[C@H]2C[C@@H]3[C@@H]1C(=O)O[C@@H]3C2. The van der Waals surface area contributed by atoms with E-state index in [-0.39, 0.29) is 47.2 Å². The molecule has 3 aliphatic rings. The van der Waals surface area contributed by atoms with Crippen LogP contribution in [0.1, 0.15) is 12.8 Å². The second-order valence-electron chi connectivity index (χ2n) is 6.55. The van der Waals surface area contributed by atoms with Crippen LogP contribution in [-0.4, -0.2) is 30.0 Å². The number of ether oxygens (including phenoxy) is 2. The van der Waals surface area contributed by atoms with Gasteiger partial charge in [-0.25, -0.2) is 0 Å². The van der Waals surface area contributed by atoms with Gasteiger partial charge in [-0.2, -0.15) is 0 Å². The standard InChI is InChI=1S/C16H16N2O6/c1-23-12-6-8(18(21)22)2-3-10(12)17-15(19)13-7-4-9-11(5-7)24-16(20)14(9)13/h2-3,6-7,9,11,13-14H,4-5H2,1H3,(H,17,19)/t7-,9-,11+,13+,14-/m0/s1. The molecule has 1 aliphatic heterocycles. The largest absolute Gasteiger partial charge is 0.494 e. The number of benzene rings is 1. The number of anilines is 1. The molecular weight excluding hydrogens is 316 g/mol. The third-order valence-electron chi connectivity index (χ3n) is 5.44. The highest BCUT2D eigenvalue weighted by Gasteiger charge is 2.63. The summed E-state index contributed by atoms with van der Waals surface area (Å²) in [6.45, 7) is 0. The van der Waals surface area contributed by atoms with Gasteiger partial charge in [-0.1, -0.05) is 0 Å². The van der Waals surface area contributed by atoms with E-state index >= 15 is 0 Å². The number of nitro groups is 1. The van der Waals surface area contributed by atoms with Crippen LogP contribution >= 0.6 is 0 Å². The van der Waals surface area contributed by atoms with Gasteiger partial charge in [0, 0.05) is 12.0 Å². The van der Waals surface area contributed by atoms with Crippen molar-refractivity contribution in [2.75, 3.05) is 12.4 Å². The topological polar surface area (TPSA) is 108 Å². The molecule has 1 saturated heterocycles. The molecule has 2 aliphatic carbocycles. The molecule has 1 N–H and O–H groups in total. The zero-order chi connectivity index (χ0) is 17.0. The van der Waals surface area contributed by atoms with Crippen molar-refractivity contribution in [3.63, 3.8) is 0 Å². The van der Waals surface area contributed by atoms with Gasteiger partial charge in [0.25, 0.3) is 5.69 Å². The van der Waals surface area contributed by atoms with Gasteiger partial charge in [-0.05, 0) is 24.8 Å². The van der Waals surface area contributed by atoms with Gasteiger partial charge in [0.15, 0.2) is 0 Å². The number of carbonyl (C=O) groups is 2. The molecule has 1 aromatic rings. The Morgan fingerprint density at radius 3 is 2.92 bits per heavy atom. The van der Waals surface area contributed by atoms with Gasteiger partial charge < -0.3 is 14.8 Å². The highest BCUT2D eigenvalue weighted by Crippen LogP contribution is 2.57. The lowest BCUT2D eigenvalue weighted by Crippen LogP contribution is -2.35. The molecule has 2 saturated carbocycles. The van der Waals surface area contributed by atoms with Crippen molar-refractivity contribution in [3.8, 4) is 5.75 Å². The van der Waals surface area contributed by atoms with Crippen LogP contribution < -0.4 is 10.1 Å². The van der Waals surface area contributed by atoms with E-state index in [4.69, 9.17) is 9.47 Å². The zero-order valence-corrected chi connectivity index (χ0v) is 12.9. The van der Waals surface area contributed by atoms with E-state index in [1.807, 2.05) is 0 Å². The minimum Gasteiger partial charge on any atom is -0.494 e. The number of hydrogen-bond acceptors (Lipinski definition) is 6. The van der Waals surface area contributed by atoms with Crippen molar-refractivity contribution < 1.29 is 24.0 Å². The average molecular weight is 332 g/mol. The summed E-state index contributed by atoms with van der Waals surface area (Å²) in [6, 6.07) is 4.01. The average Bonchev–Trinajstić information content (AvgIpc) is 3.16. The Kier molecular flexibility index (Phi) is 3.22. The smallest absolute Gasteiger partial charge is 0.310 e. The van der Waals surface area contributed by atoms with Crippen LogP contribution in [0.3, 0.4) is 0 Å². The fraction of sp³-hybridized carbons (Fsp3) is 0.500. The van der Waals surface area contributed by atoms with Crippen molar-refractivity contribution >= 4 is 23.3 Å². The summed E-state index contributed by atoms with van der Waals surface area (Å²) < 4.78 is 10.5. The van der Waals surface area contributed by atoms with Crippen LogP contribution in [0.15, 0.2) is 18.2 Å². The second kappa shape index (κ2) is 5.19. The predicted molar refractivity (Wildman–Crippen MR) is 81.4 cm³/mol. The first-order chi connectivity index (χ1) is 11.5. The number of rotatable bonds is 4. The van der Waals surface area contributed by atoms with Crippen LogP contribution in [0.25, 0.3) is 0 Å². The van der Waals surface area contributed by atoms with Crippen molar-refractivity contribution in [2.45, 2.75) is 18.9 Å². The van der Waals surface area contributed by atoms with Crippen LogP contribution in [-0.2, 0) is 14.3 Å². The first kappa shape index (κ1) is 14.9. The summed E-state index contributed by atoms with van der Waals surface area (Å²) in [5.74, 6) is -0.776. The van der Waals surface area contributed by atoms with Crippen molar-refractivity contribution in [2.24, 2.45) is 23.7 Å². The second-order valence-corrected chi connectivity index (χ2v) is 6.55. The molecule has 8 nitrogen and oxygen atoms in total. The first-order valence-electron chi connectivity index (χ1n) is 7.83. The van der Waals surface area contributed by atoms with Gasteiger partial charge in [-0.3, -0.25) is 19.7 Å². The summed E-state index contributed by atoms with van der Waals surface area (Å²) in [5.41, 5.74) is 0.241. The summed E-state index contributed by atoms with van der Waals surface area (Å²) in [5, 5.41) is 13.6. The summed E-state index contributed by atoms with van der Waals surface area (Å²) >= 11 is 0. The maximum absolute atomic E-state index is 12.7. The molecule has 0 spiro atoms. The molecule has 24 heavy (non-hydrogen) atoms. The molecule has 4 rings (SSSR count). The lowest BCUT2D eigenvalue weighted by molar-refractivity contribution is -0.384. The Bertz CT molecular complexity index is 746. The quantitative estimate of drug-likeness (QED) is 0.511. The molecule has 0 aromatic heterocycles. The monoisotopic (exact) mass is 332 g/mol. The molecular formula is C16H16N2O6. The minimum absolute atomic E-state index is 0.0227. The maximum Gasteiger partial charge on any atom is 0.310 e. The van der Waals surface area contributed by atoms with Crippen LogP contribution in [0.5, 0.6) is 5.75 Å². The third kappa shape index (κ3) is 2.05. The zero-order valence-electron chi connectivity index (χ0n) is 12.9. The molecule has 0 radical (unpaired) electrons. The molecule has 8 heteroatoms. The Balaban J connectivity index is 1.57. The number of methoxy groups -OCH3 is 1. The van der Waals surface area contributed by atoms with Crippen molar-refractivity contribution in [1.82, 2.24) is 0 Å². The number of fused-ring (bicyclic) bond motifs is 1. The van der Waals surface area contributed by atoms with Crippen LogP contribution in [0.4, 0.5) is 11.4 Å². The third-order valence-corrected chi connectivity index (χ3v) is 5.44. The highest BCUT2D eigenvalue weighted by atomic mass is 16.6. The van der Waals surface area contributed by atoms with E-state index in [2.05, 4.69) is 5.32 Å². The van der Waals surface area contributed by atoms with E-state index in [9.17, 15) is 19.7 Å². The molecule has 2 bridgehead atoms. The van der Waals surface area contributed by atoms with Crippen molar-refractivity contribution in [3.05, 3.63) is 28.3 Å². The van der Waals surface area contributed by atoms with E-state index in [1.165, 1.54) is 25.3 Å². The van der Waals surface area contributed by atoms with E-state index in [1.54, 1.807) is 0 Å². The molecule has 126 valence electrons. The number of nitrogens with one attached hydrogen (secondary N) is 1. The van der Waals surface area contributed by atoms with E-state index in [0.717, 1.165) is 12.8 Å². The Morgan fingerprint density at radius 1 is 1.42 bits per heavy atom. The molecule has 1 aromatic carbocycles. The Labute approximate surface area is 137 Å². The molecule has 1 heterocycles. The summed E-state index contributed by atoms with van der Waals surface area (Å²) in [4.78, 5) is 35.0. The molecule has 1 amide bonds. The number of carbonyl (C=O) groups excluding carboxylic acids is 2. The van der Waals surface area contributed by atoms with Gasteiger partial charge in [-0.15, -0.1) is 0 Å². The Hall–Kier alpha value is -2.64. The number of amides is 1. The maximum atomic E-state index is 12.7. The van der Waals surface area contributed by atoms with Gasteiger partial charge in [0.05, 0.1) is 35.6 Å². The first-order valence-corrected chi connectivity index (χ1v) is 7.83. The normalized spacial score (nSPS) is 32.5. The van der Waals surface area contributed by atoms with Gasteiger partial charge in [0.2, 0.25) is 5.91 Å². The van der Waals surface area contributed by atoms with Gasteiger partial charge >= 0.3 is 5.97 Å². The lowest BCUT2D eigenvalue weighted by atomic mass is 9.79. The molecule has 0 unspecified atom stereocenters. The van der Waals surface area contributed by atoms with Crippen molar-refractivity contribution in [1.29, 1.82) is 0 Å². The fourth-order valence-corrected chi connectivity index (χ4v) is 4.48. The molecule has 3 fully saturated rings. The number of non-ortho nitro benzene ring substituents is 1. The van der Waals surface area contributed by atoms with Gasteiger partial charge in [0.1, 0.15) is 11.9 Å². The lowest BCUT2D eigenvalue weighted by Gasteiger charge is -2.23. The van der Waals surface area contributed by atoms with Crippen LogP contribution in [0, 0.1) is 33.8 Å². The summed E-state index contributed by atoms with van der Waals surface area (Å²) in [7, 11) is 1.38. The highest BCUT2D eigenvalue weighted by molar-refractivity contribution is 5.98. The van der Waals surface area contributed by atoms with Crippen LogP contribution in [0.2, 0.25) is 0 Å². The summed E-state index contributed by atoms with van der Waals surface area (Å²) in [6.07, 6.45) is 1.56. The predicted octanol–water partition coefficient (Wildman–Crippen LogP) is 1.74. The Morgan fingerprint density at radius 2 is 2.21 bits per heavy atom. The molecule has 5 atom stereocenters. The fourth-order valence-electron chi connectivity index (χ4n) is 4.48. The van der Waals surface area contributed by atoms with E-state index in [0.29, 0.717) is 5.69 Å². The van der Waals surface area contributed by atoms with E-state index < -0.39 is 10.8 Å². The number of nitro benzene ring substituents is 1. The number of nitrogens with zero attached hydrogens (tertiary/aromatic N) is 1. The minimum atomic E-state index is -0.529. The number of esters is 1.